The van der Waals surface area contributed by atoms with Gasteiger partial charge < -0.3 is 5.32 Å². The van der Waals surface area contributed by atoms with Crippen molar-refractivity contribution in [2.45, 2.75) is 6.92 Å². The highest BCUT2D eigenvalue weighted by molar-refractivity contribution is 8.09. The Balaban J connectivity index is 0.000000437. The van der Waals surface area contributed by atoms with Crippen LogP contribution < -0.4 is 5.32 Å². The first-order chi connectivity index (χ1) is 7.59. The maximum Gasteiger partial charge on any atom is 0.353 e. The number of anilines is 1. The average Bonchev–Trinajstić information content (AvgIpc) is 2.07. The fraction of sp³-hybridized carbons (Fsp3) is 0.125. The van der Waals surface area contributed by atoms with Gasteiger partial charge in [-0.25, -0.2) is 0 Å². The lowest BCUT2D eigenvalue weighted by molar-refractivity contribution is -0.114. The monoisotopic (exact) mass is 319 g/mol. The van der Waals surface area contributed by atoms with E-state index in [0.717, 1.165) is 0 Å². The van der Waals surface area contributed by atoms with Crippen molar-refractivity contribution in [3.63, 3.8) is 0 Å². The van der Waals surface area contributed by atoms with Crippen molar-refractivity contribution in [1.82, 2.24) is 0 Å². The summed E-state index contributed by atoms with van der Waals surface area (Å²) in [5, 5.41) is 3.58. The van der Waals surface area contributed by atoms with E-state index >= 15 is 0 Å². The van der Waals surface area contributed by atoms with E-state index in [9.17, 15) is 4.79 Å². The lowest BCUT2D eigenvalue weighted by Crippen LogP contribution is -2.05. The molecule has 9 heteroatoms. The summed E-state index contributed by atoms with van der Waals surface area (Å²) in [5.74, 6) is -0.167. The SMILES string of the molecule is CC(=O)Nc1cc(Cl)ccc1Cl.O=S(=O)(O)Cl. The summed E-state index contributed by atoms with van der Waals surface area (Å²) >= 11 is 11.5. The molecule has 1 aromatic rings. The summed E-state index contributed by atoms with van der Waals surface area (Å²) in [7, 11) is -0.137. The quantitative estimate of drug-likeness (QED) is 0.615. The lowest BCUT2D eigenvalue weighted by atomic mass is 10.3. The maximum absolute atomic E-state index is 10.7. The number of amides is 1. The third-order valence-corrected chi connectivity index (χ3v) is 1.80. The van der Waals surface area contributed by atoms with E-state index in [1.807, 2.05) is 0 Å². The molecule has 17 heavy (non-hydrogen) atoms. The predicted molar refractivity (Wildman–Crippen MR) is 68.2 cm³/mol. The number of halogens is 3. The van der Waals surface area contributed by atoms with Crippen LogP contribution in [0.2, 0.25) is 10.0 Å². The second-order valence-corrected chi connectivity index (χ2v) is 5.56. The maximum atomic E-state index is 10.7. The van der Waals surface area contributed by atoms with Crippen molar-refractivity contribution in [2.75, 3.05) is 5.32 Å². The molecule has 2 N–H and O–H groups in total. The number of carbonyl (C=O) groups is 1. The molecule has 0 unspecified atom stereocenters. The molecule has 0 heterocycles. The molecule has 0 fully saturated rings. The van der Waals surface area contributed by atoms with Gasteiger partial charge in [0.15, 0.2) is 0 Å². The van der Waals surface area contributed by atoms with Gasteiger partial charge >= 0.3 is 9.33 Å². The van der Waals surface area contributed by atoms with Crippen LogP contribution in [0.3, 0.4) is 0 Å². The fourth-order valence-electron chi connectivity index (χ4n) is 0.783. The van der Waals surface area contributed by atoms with Crippen molar-refractivity contribution < 1.29 is 17.8 Å². The second kappa shape index (κ2) is 7.03. The van der Waals surface area contributed by atoms with Crippen molar-refractivity contribution >= 4 is 54.8 Å². The Bertz CT molecular complexity index is 495. The van der Waals surface area contributed by atoms with Gasteiger partial charge in [-0.2, -0.15) is 8.42 Å². The molecule has 0 aliphatic carbocycles. The molecule has 1 amide bonds. The Kier molecular flexibility index (Phi) is 6.81. The molecule has 5 nitrogen and oxygen atoms in total. The number of carbonyl (C=O) groups excluding carboxylic acids is 1. The van der Waals surface area contributed by atoms with Crippen LogP contribution in [-0.4, -0.2) is 18.9 Å². The molecular weight excluding hydrogens is 313 g/mol. The van der Waals surface area contributed by atoms with Gasteiger partial charge in [0.2, 0.25) is 5.91 Å². The number of benzene rings is 1. The molecule has 0 saturated carbocycles. The third-order valence-electron chi connectivity index (χ3n) is 1.24. The molecule has 0 spiro atoms. The van der Waals surface area contributed by atoms with Crippen LogP contribution in [0, 0.1) is 0 Å². The van der Waals surface area contributed by atoms with Gasteiger partial charge in [-0.3, -0.25) is 9.35 Å². The normalized spacial score (nSPS) is 10.2. The van der Waals surface area contributed by atoms with Crippen LogP contribution in [0.25, 0.3) is 0 Å². The summed E-state index contributed by atoms with van der Waals surface area (Å²) < 4.78 is 25.2. The van der Waals surface area contributed by atoms with Crippen LogP contribution in [-0.2, 0) is 14.1 Å². The number of hydrogen-bond acceptors (Lipinski definition) is 3. The average molecular weight is 321 g/mol. The first-order valence-corrected chi connectivity index (χ1v) is 7.01. The first kappa shape index (κ1) is 16.5. The van der Waals surface area contributed by atoms with Gasteiger partial charge in [-0.1, -0.05) is 23.2 Å². The van der Waals surface area contributed by atoms with E-state index in [1.54, 1.807) is 18.2 Å². The van der Waals surface area contributed by atoms with Crippen LogP contribution in [0.15, 0.2) is 18.2 Å². The standard InChI is InChI=1S/C8H7Cl2NO.ClHO3S/c1-5(12)11-8-4-6(9)2-3-7(8)10;1-5(2,3)4/h2-4H,1H3,(H,11,12);(H,2,3,4). The third kappa shape index (κ3) is 10.3. The van der Waals surface area contributed by atoms with Crippen molar-refractivity contribution in [3.8, 4) is 0 Å². The summed E-state index contributed by atoms with van der Waals surface area (Å²) in [6.07, 6.45) is 0. The van der Waals surface area contributed by atoms with Crippen LogP contribution in [0.5, 0.6) is 0 Å². The highest BCUT2D eigenvalue weighted by atomic mass is 35.7. The van der Waals surface area contributed by atoms with Gasteiger partial charge in [0.1, 0.15) is 0 Å². The van der Waals surface area contributed by atoms with Crippen molar-refractivity contribution in [2.24, 2.45) is 0 Å². The molecule has 96 valence electrons. The highest BCUT2D eigenvalue weighted by Gasteiger charge is 2.01. The Morgan fingerprint density at radius 2 is 1.82 bits per heavy atom. The first-order valence-electron chi connectivity index (χ1n) is 3.99. The molecule has 1 rings (SSSR count). The lowest BCUT2D eigenvalue weighted by Gasteiger charge is -2.03. The molecule has 0 aliphatic rings. The van der Waals surface area contributed by atoms with Gasteiger partial charge in [-0.15, -0.1) is 0 Å². The van der Waals surface area contributed by atoms with E-state index in [2.05, 4.69) is 16.0 Å². The van der Waals surface area contributed by atoms with Gasteiger partial charge in [0.25, 0.3) is 0 Å². The van der Waals surface area contributed by atoms with Crippen LogP contribution >= 0.6 is 33.9 Å². The van der Waals surface area contributed by atoms with E-state index in [1.165, 1.54) is 6.92 Å². The molecule has 0 radical (unpaired) electrons. The smallest absolute Gasteiger partial charge is 0.325 e. The number of hydrogen-bond donors (Lipinski definition) is 2. The van der Waals surface area contributed by atoms with Crippen molar-refractivity contribution in [1.29, 1.82) is 0 Å². The minimum Gasteiger partial charge on any atom is -0.325 e. The molecule has 0 atom stereocenters. The number of rotatable bonds is 1. The van der Waals surface area contributed by atoms with Crippen LogP contribution in [0.4, 0.5) is 5.69 Å². The molecule has 0 aromatic heterocycles. The van der Waals surface area contributed by atoms with E-state index in [0.29, 0.717) is 15.7 Å². The Morgan fingerprint density at radius 1 is 1.35 bits per heavy atom. The molecule has 0 aliphatic heterocycles. The second-order valence-electron chi connectivity index (χ2n) is 2.72. The van der Waals surface area contributed by atoms with E-state index in [4.69, 9.17) is 36.2 Å². The Morgan fingerprint density at radius 3 is 2.24 bits per heavy atom. The van der Waals surface area contributed by atoms with Gasteiger partial charge in [0.05, 0.1) is 10.7 Å². The highest BCUT2D eigenvalue weighted by Crippen LogP contribution is 2.25. The van der Waals surface area contributed by atoms with Crippen LogP contribution in [0.1, 0.15) is 6.92 Å². The summed E-state index contributed by atoms with van der Waals surface area (Å²) in [4.78, 5) is 10.7. The zero-order valence-electron chi connectivity index (χ0n) is 8.45. The summed E-state index contributed by atoms with van der Waals surface area (Å²) in [6.45, 7) is 1.41. The van der Waals surface area contributed by atoms with Gasteiger partial charge in [-0.05, 0) is 18.2 Å². The Hall–Kier alpha value is -0.530. The molecule has 0 bridgehead atoms. The molecule has 1 aromatic carbocycles. The fourth-order valence-corrected chi connectivity index (χ4v) is 1.12. The molecule has 0 saturated heterocycles. The van der Waals surface area contributed by atoms with Gasteiger partial charge in [0, 0.05) is 22.6 Å². The predicted octanol–water partition coefficient (Wildman–Crippen LogP) is 2.98. The Labute approximate surface area is 113 Å². The summed E-state index contributed by atoms with van der Waals surface area (Å²) in [6, 6.07) is 4.90. The van der Waals surface area contributed by atoms with Crippen molar-refractivity contribution in [3.05, 3.63) is 28.2 Å². The van der Waals surface area contributed by atoms with E-state index in [-0.39, 0.29) is 5.91 Å². The summed E-state index contributed by atoms with van der Waals surface area (Å²) in [5.41, 5.74) is 0.539. The zero-order chi connectivity index (χ0) is 13.6. The zero-order valence-corrected chi connectivity index (χ0v) is 11.5. The minimum atomic E-state index is -4.19. The molecular formula is C8H8Cl3NO4S. The number of nitrogens with one attached hydrogen (secondary N) is 1. The topological polar surface area (TPSA) is 83.5 Å². The largest absolute Gasteiger partial charge is 0.353 e. The minimum absolute atomic E-state index is 0.167. The van der Waals surface area contributed by atoms with E-state index < -0.39 is 9.33 Å².